The lowest BCUT2D eigenvalue weighted by molar-refractivity contribution is -0.120. The summed E-state index contributed by atoms with van der Waals surface area (Å²) in [5.41, 5.74) is 1.69. The van der Waals surface area contributed by atoms with Crippen molar-refractivity contribution in [3.8, 4) is 0 Å². The topological polar surface area (TPSA) is 58.6 Å². The molecule has 3 rings (SSSR count). The second-order valence-electron chi connectivity index (χ2n) is 7.25. The summed E-state index contributed by atoms with van der Waals surface area (Å²) in [6.45, 7) is 6.08. The molecule has 1 fully saturated rings. The number of amides is 1. The van der Waals surface area contributed by atoms with Gasteiger partial charge in [-0.25, -0.2) is 4.79 Å². The predicted molar refractivity (Wildman–Crippen MR) is 105 cm³/mol. The van der Waals surface area contributed by atoms with Gasteiger partial charge in [-0.3, -0.25) is 9.69 Å². The van der Waals surface area contributed by atoms with Gasteiger partial charge in [0.25, 0.3) is 0 Å². The molecule has 0 bridgehead atoms. The van der Waals surface area contributed by atoms with Crippen molar-refractivity contribution in [2.24, 2.45) is 0 Å². The van der Waals surface area contributed by atoms with Crippen LogP contribution in [-0.4, -0.2) is 42.5 Å². The standard InChI is InChI=1S/C20H30N2O3S/c1-3-25-20(24)17-15-10-6-7-11-16(15)26-19(17)21-18(23)14(2)22-12-8-4-5-9-13-22/h14H,3-13H2,1-2H3,(H,21,23). The number of carbonyl (C=O) groups is 2. The summed E-state index contributed by atoms with van der Waals surface area (Å²) in [5.74, 6) is -0.319. The Morgan fingerprint density at radius 2 is 1.81 bits per heavy atom. The first-order chi connectivity index (χ1) is 12.6. The minimum atomic E-state index is -0.301. The maximum absolute atomic E-state index is 12.9. The van der Waals surface area contributed by atoms with Crippen LogP contribution in [0.2, 0.25) is 0 Å². The Labute approximate surface area is 160 Å². The molecule has 0 spiro atoms. The summed E-state index contributed by atoms with van der Waals surface area (Å²) in [5, 5.41) is 3.74. The molecular formula is C20H30N2O3S. The van der Waals surface area contributed by atoms with Crippen molar-refractivity contribution in [3.63, 3.8) is 0 Å². The molecule has 1 aliphatic heterocycles. The van der Waals surface area contributed by atoms with Crippen molar-refractivity contribution < 1.29 is 14.3 Å². The normalized spacial score (nSPS) is 19.3. The molecule has 1 N–H and O–H groups in total. The van der Waals surface area contributed by atoms with Crippen LogP contribution in [0.15, 0.2) is 0 Å². The Bertz CT molecular complexity index is 648. The molecule has 5 nitrogen and oxygen atoms in total. The van der Waals surface area contributed by atoms with Crippen LogP contribution in [0.25, 0.3) is 0 Å². The number of nitrogens with one attached hydrogen (secondary N) is 1. The third-order valence-corrected chi connectivity index (χ3v) is 6.66. The third-order valence-electron chi connectivity index (χ3n) is 5.46. The minimum Gasteiger partial charge on any atom is -0.462 e. The van der Waals surface area contributed by atoms with Crippen LogP contribution in [0, 0.1) is 0 Å². The van der Waals surface area contributed by atoms with E-state index in [1.165, 1.54) is 17.7 Å². The SMILES string of the molecule is CCOC(=O)c1c(NC(=O)C(C)N2CCCCCC2)sc2c1CCCC2. The first-order valence-corrected chi connectivity index (χ1v) is 10.8. The molecule has 2 aliphatic rings. The molecule has 1 amide bonds. The number of fused-ring (bicyclic) bond motifs is 1. The zero-order chi connectivity index (χ0) is 18.5. The number of carbonyl (C=O) groups excluding carboxylic acids is 2. The van der Waals surface area contributed by atoms with Crippen molar-refractivity contribution in [2.45, 2.75) is 71.3 Å². The zero-order valence-corrected chi connectivity index (χ0v) is 16.8. The lowest BCUT2D eigenvalue weighted by atomic mass is 9.95. The predicted octanol–water partition coefficient (Wildman–Crippen LogP) is 4.01. The largest absolute Gasteiger partial charge is 0.462 e. The highest BCUT2D eigenvalue weighted by molar-refractivity contribution is 7.17. The summed E-state index contributed by atoms with van der Waals surface area (Å²) in [6.07, 6.45) is 8.92. The lowest BCUT2D eigenvalue weighted by Gasteiger charge is -2.26. The lowest BCUT2D eigenvalue weighted by Crippen LogP contribution is -2.42. The van der Waals surface area contributed by atoms with Gasteiger partial charge in [-0.2, -0.15) is 0 Å². The Kier molecular flexibility index (Phi) is 6.70. The van der Waals surface area contributed by atoms with Gasteiger partial charge in [-0.1, -0.05) is 12.8 Å². The highest BCUT2D eigenvalue weighted by atomic mass is 32.1. The fraction of sp³-hybridized carbons (Fsp3) is 0.700. The molecule has 1 aliphatic carbocycles. The molecule has 1 aromatic rings. The number of aryl methyl sites for hydroxylation is 1. The summed E-state index contributed by atoms with van der Waals surface area (Å²) in [7, 11) is 0. The highest BCUT2D eigenvalue weighted by Gasteiger charge is 2.29. The Balaban J connectivity index is 1.78. The average Bonchev–Trinajstić information content (AvgIpc) is 2.80. The van der Waals surface area contributed by atoms with Crippen LogP contribution in [0.4, 0.5) is 5.00 Å². The van der Waals surface area contributed by atoms with Crippen molar-refractivity contribution in [2.75, 3.05) is 25.0 Å². The first-order valence-electron chi connectivity index (χ1n) is 9.98. The van der Waals surface area contributed by atoms with Crippen LogP contribution >= 0.6 is 11.3 Å². The fourth-order valence-electron chi connectivity index (χ4n) is 3.94. The second kappa shape index (κ2) is 9.00. The number of anilines is 1. The van der Waals surface area contributed by atoms with Gasteiger partial charge in [0.05, 0.1) is 18.2 Å². The quantitative estimate of drug-likeness (QED) is 0.787. The number of thiophene rings is 1. The molecule has 1 aromatic heterocycles. The zero-order valence-electron chi connectivity index (χ0n) is 15.9. The average molecular weight is 379 g/mol. The molecule has 0 radical (unpaired) electrons. The van der Waals surface area contributed by atoms with Crippen molar-refractivity contribution in [1.82, 2.24) is 4.90 Å². The number of ether oxygens (including phenoxy) is 1. The van der Waals surface area contributed by atoms with E-state index in [0.717, 1.165) is 57.2 Å². The Morgan fingerprint density at radius 3 is 2.50 bits per heavy atom. The summed E-state index contributed by atoms with van der Waals surface area (Å²) in [4.78, 5) is 28.9. The fourth-order valence-corrected chi connectivity index (χ4v) is 5.22. The summed E-state index contributed by atoms with van der Waals surface area (Å²) < 4.78 is 5.27. The maximum Gasteiger partial charge on any atom is 0.341 e. The summed E-state index contributed by atoms with van der Waals surface area (Å²) >= 11 is 1.56. The number of nitrogens with zero attached hydrogens (tertiary/aromatic N) is 1. The van der Waals surface area contributed by atoms with Crippen LogP contribution in [0.5, 0.6) is 0 Å². The Hall–Kier alpha value is -1.40. The van der Waals surface area contributed by atoms with E-state index >= 15 is 0 Å². The number of esters is 1. The van der Waals surface area contributed by atoms with Crippen molar-refractivity contribution in [3.05, 3.63) is 16.0 Å². The number of rotatable bonds is 5. The maximum atomic E-state index is 12.9. The molecule has 26 heavy (non-hydrogen) atoms. The van der Waals surface area contributed by atoms with Crippen molar-refractivity contribution in [1.29, 1.82) is 0 Å². The van der Waals surface area contributed by atoms with E-state index in [-0.39, 0.29) is 17.9 Å². The minimum absolute atomic E-state index is 0.0176. The molecule has 1 saturated heterocycles. The molecule has 2 heterocycles. The van der Waals surface area contributed by atoms with Gasteiger partial charge in [-0.15, -0.1) is 11.3 Å². The Morgan fingerprint density at radius 1 is 1.12 bits per heavy atom. The third kappa shape index (κ3) is 4.29. The van der Waals surface area contributed by atoms with E-state index in [9.17, 15) is 9.59 Å². The van der Waals surface area contributed by atoms with Crippen molar-refractivity contribution >= 4 is 28.2 Å². The van der Waals surface area contributed by atoms with Gasteiger partial charge in [0.2, 0.25) is 5.91 Å². The molecular weight excluding hydrogens is 348 g/mol. The van der Waals surface area contributed by atoms with Gasteiger partial charge >= 0.3 is 5.97 Å². The van der Waals surface area contributed by atoms with E-state index in [1.807, 2.05) is 13.8 Å². The molecule has 1 atom stereocenters. The van der Waals surface area contributed by atoms with Gasteiger partial charge < -0.3 is 10.1 Å². The van der Waals surface area contributed by atoms with Crippen LogP contribution in [-0.2, 0) is 22.4 Å². The van der Waals surface area contributed by atoms with Crippen LogP contribution in [0.1, 0.15) is 73.2 Å². The van der Waals surface area contributed by atoms with Gasteiger partial charge in [0.1, 0.15) is 5.00 Å². The number of likely N-dealkylation sites (tertiary alicyclic amines) is 1. The smallest absolute Gasteiger partial charge is 0.341 e. The molecule has 0 saturated carbocycles. The van der Waals surface area contributed by atoms with E-state index in [2.05, 4.69) is 10.2 Å². The van der Waals surface area contributed by atoms with E-state index in [4.69, 9.17) is 4.74 Å². The highest BCUT2D eigenvalue weighted by Crippen LogP contribution is 2.38. The van der Waals surface area contributed by atoms with E-state index in [1.54, 1.807) is 11.3 Å². The molecule has 0 aromatic carbocycles. The molecule has 1 unspecified atom stereocenters. The molecule has 6 heteroatoms. The van der Waals surface area contributed by atoms with Crippen LogP contribution < -0.4 is 5.32 Å². The first kappa shape index (κ1) is 19.4. The van der Waals surface area contributed by atoms with E-state index in [0.29, 0.717) is 17.2 Å². The number of hydrogen-bond donors (Lipinski definition) is 1. The number of hydrogen-bond acceptors (Lipinski definition) is 5. The van der Waals surface area contributed by atoms with Gasteiger partial charge in [0, 0.05) is 4.88 Å². The summed E-state index contributed by atoms with van der Waals surface area (Å²) in [6, 6.07) is -0.178. The molecule has 144 valence electrons. The van der Waals surface area contributed by atoms with Gasteiger partial charge in [-0.05, 0) is 71.0 Å². The monoisotopic (exact) mass is 378 g/mol. The second-order valence-corrected chi connectivity index (χ2v) is 8.36. The van der Waals surface area contributed by atoms with E-state index < -0.39 is 0 Å². The van der Waals surface area contributed by atoms with Gasteiger partial charge in [0.15, 0.2) is 0 Å². The van der Waals surface area contributed by atoms with Crippen LogP contribution in [0.3, 0.4) is 0 Å².